The number of furan rings is 1. The standard InChI is InChI=1S/C22H30N4O8S3/c1-6-14(16-10-9-12(4)32-16)24-20-17(19(36(28,29)25-20)21-33-13(5)34-21)23-15-11-35-22(18(15)27)37(30,31)26(7-2)8-3/h9-11,13-14,21,23,27H,6-8H2,1-5H3,(H,24,25)/t13?,14-,21?/m1/s1. The molecular weight excluding hydrogens is 544 g/mol. The normalized spacial score (nSPS) is 22.2. The Balaban J connectivity index is 1.74. The fourth-order valence-corrected chi connectivity index (χ4v) is 8.08. The Hall–Kier alpha value is -2.43. The maximum absolute atomic E-state index is 13.1. The van der Waals surface area contributed by atoms with Crippen LogP contribution in [0.25, 0.3) is 0 Å². The lowest BCUT2D eigenvalue weighted by Crippen LogP contribution is -2.42. The lowest BCUT2D eigenvalue weighted by atomic mass is 10.1. The zero-order valence-electron chi connectivity index (χ0n) is 21.0. The largest absolute Gasteiger partial charge is 0.504 e. The lowest BCUT2D eigenvalue weighted by Gasteiger charge is -2.34. The van der Waals surface area contributed by atoms with Crippen molar-refractivity contribution in [2.75, 3.05) is 18.4 Å². The van der Waals surface area contributed by atoms with Crippen LogP contribution in [0.4, 0.5) is 5.69 Å². The van der Waals surface area contributed by atoms with Crippen molar-refractivity contribution in [2.24, 2.45) is 4.40 Å². The SMILES string of the molecule is CC[C@@H](NC1=NS(=O)(=O)C(C2OC(C)O2)=C1Nc1csc(S(=O)(=O)N(CC)CC)c1O)c1ccc(C)o1. The van der Waals surface area contributed by atoms with Crippen molar-refractivity contribution in [2.45, 2.75) is 63.9 Å². The average Bonchev–Trinajstić information content (AvgIpc) is 3.47. The number of hydrogen-bond donors (Lipinski definition) is 3. The molecule has 1 saturated heterocycles. The zero-order valence-corrected chi connectivity index (χ0v) is 23.5. The molecule has 0 spiro atoms. The van der Waals surface area contributed by atoms with Crippen LogP contribution in [0.2, 0.25) is 0 Å². The first kappa shape index (κ1) is 27.6. The number of aryl methyl sites for hydroxylation is 1. The Kier molecular flexibility index (Phi) is 7.74. The number of aromatic hydroxyl groups is 1. The van der Waals surface area contributed by atoms with E-state index in [1.807, 2.05) is 6.92 Å². The Bertz CT molecular complexity index is 1430. The quantitative estimate of drug-likeness (QED) is 0.384. The van der Waals surface area contributed by atoms with Crippen molar-refractivity contribution in [1.29, 1.82) is 0 Å². The second-order valence-electron chi connectivity index (χ2n) is 8.38. The van der Waals surface area contributed by atoms with Crippen LogP contribution in [0.15, 0.2) is 41.1 Å². The highest BCUT2D eigenvalue weighted by Gasteiger charge is 2.45. The summed E-state index contributed by atoms with van der Waals surface area (Å²) in [7, 11) is -8.17. The van der Waals surface area contributed by atoms with Crippen LogP contribution < -0.4 is 10.6 Å². The first-order chi connectivity index (χ1) is 17.4. The van der Waals surface area contributed by atoms with E-state index in [4.69, 9.17) is 13.9 Å². The van der Waals surface area contributed by atoms with Crippen LogP contribution in [0.1, 0.15) is 51.7 Å². The molecule has 0 radical (unpaired) electrons. The molecule has 0 aliphatic carbocycles. The number of ether oxygens (including phenoxy) is 2. The first-order valence-corrected chi connectivity index (χ1v) is 15.5. The molecule has 1 fully saturated rings. The molecule has 0 bridgehead atoms. The molecule has 3 N–H and O–H groups in total. The number of sulfonamides is 2. The summed E-state index contributed by atoms with van der Waals surface area (Å²) >= 11 is 0.823. The molecule has 15 heteroatoms. The molecule has 0 aromatic carbocycles. The Labute approximate surface area is 220 Å². The fourth-order valence-electron chi connectivity index (χ4n) is 4.00. The van der Waals surface area contributed by atoms with E-state index in [0.29, 0.717) is 17.9 Å². The summed E-state index contributed by atoms with van der Waals surface area (Å²) < 4.78 is 73.6. The minimum Gasteiger partial charge on any atom is -0.504 e. The van der Waals surface area contributed by atoms with E-state index in [1.165, 1.54) is 9.69 Å². The zero-order chi connectivity index (χ0) is 27.1. The van der Waals surface area contributed by atoms with Gasteiger partial charge in [0.15, 0.2) is 22.1 Å². The van der Waals surface area contributed by atoms with Crippen molar-refractivity contribution in [3.63, 3.8) is 0 Å². The lowest BCUT2D eigenvalue weighted by molar-refractivity contribution is -0.356. The van der Waals surface area contributed by atoms with E-state index < -0.39 is 44.4 Å². The van der Waals surface area contributed by atoms with Gasteiger partial charge >= 0.3 is 0 Å². The van der Waals surface area contributed by atoms with Crippen molar-refractivity contribution < 1.29 is 35.8 Å². The van der Waals surface area contributed by atoms with Crippen LogP contribution in [-0.2, 0) is 29.5 Å². The van der Waals surface area contributed by atoms with E-state index in [0.717, 1.165) is 11.3 Å². The van der Waals surface area contributed by atoms with Gasteiger partial charge in [0, 0.05) is 18.5 Å². The van der Waals surface area contributed by atoms with Crippen LogP contribution in [-0.4, -0.2) is 57.8 Å². The number of thiophene rings is 1. The summed E-state index contributed by atoms with van der Waals surface area (Å²) in [4.78, 5) is -0.280. The molecule has 4 rings (SSSR count). The third kappa shape index (κ3) is 5.15. The van der Waals surface area contributed by atoms with Crippen LogP contribution in [0, 0.1) is 6.92 Å². The third-order valence-corrected chi connectivity index (χ3v) is 10.8. The van der Waals surface area contributed by atoms with Gasteiger partial charge in [0.1, 0.15) is 22.1 Å². The third-order valence-electron chi connectivity index (χ3n) is 5.91. The Morgan fingerprint density at radius 3 is 2.43 bits per heavy atom. The van der Waals surface area contributed by atoms with Gasteiger partial charge in [-0.15, -0.1) is 15.7 Å². The number of hydrogen-bond acceptors (Lipinski definition) is 11. The van der Waals surface area contributed by atoms with E-state index >= 15 is 0 Å². The van der Waals surface area contributed by atoms with Gasteiger partial charge in [-0.25, -0.2) is 8.42 Å². The second-order valence-corrected chi connectivity index (χ2v) is 13.0. The molecule has 0 saturated carbocycles. The Morgan fingerprint density at radius 2 is 1.89 bits per heavy atom. The van der Waals surface area contributed by atoms with Crippen molar-refractivity contribution in [1.82, 2.24) is 9.62 Å². The summed E-state index contributed by atoms with van der Waals surface area (Å²) in [5, 5.41) is 18.2. The summed E-state index contributed by atoms with van der Waals surface area (Å²) in [5.74, 6) is 0.719. The fraction of sp³-hybridized carbons (Fsp3) is 0.500. The van der Waals surface area contributed by atoms with Crippen molar-refractivity contribution in [3.8, 4) is 5.75 Å². The van der Waals surface area contributed by atoms with Gasteiger partial charge in [-0.2, -0.15) is 12.7 Å². The maximum Gasteiger partial charge on any atom is 0.287 e. The highest BCUT2D eigenvalue weighted by molar-refractivity contribution is 7.94. The summed E-state index contributed by atoms with van der Waals surface area (Å²) in [5.41, 5.74) is -0.0115. The van der Waals surface area contributed by atoms with E-state index in [9.17, 15) is 21.9 Å². The van der Waals surface area contributed by atoms with Gasteiger partial charge in [-0.05, 0) is 32.4 Å². The molecular formula is C22H30N4O8S3. The van der Waals surface area contributed by atoms with Gasteiger partial charge in [0.25, 0.3) is 20.0 Å². The highest BCUT2D eigenvalue weighted by Crippen LogP contribution is 2.42. The number of anilines is 1. The topological polar surface area (TPSA) is 160 Å². The van der Waals surface area contributed by atoms with Gasteiger partial charge in [-0.3, -0.25) is 0 Å². The summed E-state index contributed by atoms with van der Waals surface area (Å²) in [6.07, 6.45) is -1.28. The predicted molar refractivity (Wildman–Crippen MR) is 138 cm³/mol. The highest BCUT2D eigenvalue weighted by atomic mass is 32.2. The maximum atomic E-state index is 13.1. The molecule has 2 aromatic rings. The molecule has 0 amide bonds. The molecule has 0 unspecified atom stereocenters. The monoisotopic (exact) mass is 574 g/mol. The van der Waals surface area contributed by atoms with Gasteiger partial charge in [0.2, 0.25) is 6.29 Å². The number of nitrogens with one attached hydrogen (secondary N) is 2. The van der Waals surface area contributed by atoms with Crippen molar-refractivity contribution >= 4 is 42.9 Å². The number of amidine groups is 1. The van der Waals surface area contributed by atoms with Gasteiger partial charge in [0.05, 0.1) is 11.7 Å². The molecule has 37 heavy (non-hydrogen) atoms. The predicted octanol–water partition coefficient (Wildman–Crippen LogP) is 3.21. The smallest absolute Gasteiger partial charge is 0.287 e. The van der Waals surface area contributed by atoms with Gasteiger partial charge in [-0.1, -0.05) is 20.8 Å². The summed E-state index contributed by atoms with van der Waals surface area (Å²) in [6, 6.07) is 3.16. The molecule has 4 heterocycles. The minimum absolute atomic E-state index is 0.00379. The molecule has 2 aromatic heterocycles. The van der Waals surface area contributed by atoms with E-state index in [2.05, 4.69) is 15.0 Å². The molecule has 2 aliphatic heterocycles. The molecule has 2 aliphatic rings. The molecule has 12 nitrogen and oxygen atoms in total. The van der Waals surface area contributed by atoms with Crippen LogP contribution >= 0.6 is 11.3 Å². The summed E-state index contributed by atoms with van der Waals surface area (Å²) in [6.45, 7) is 9.17. The second kappa shape index (κ2) is 10.4. The minimum atomic E-state index is -4.22. The molecule has 204 valence electrons. The Morgan fingerprint density at radius 1 is 1.22 bits per heavy atom. The average molecular weight is 575 g/mol. The number of rotatable bonds is 10. The molecule has 1 atom stereocenters. The number of nitrogens with zero attached hydrogens (tertiary/aromatic N) is 2. The van der Waals surface area contributed by atoms with Crippen LogP contribution in [0.5, 0.6) is 5.75 Å². The van der Waals surface area contributed by atoms with E-state index in [1.54, 1.807) is 39.8 Å². The first-order valence-electron chi connectivity index (χ1n) is 11.7. The van der Waals surface area contributed by atoms with E-state index in [-0.39, 0.29) is 39.4 Å². The van der Waals surface area contributed by atoms with Crippen LogP contribution in [0.3, 0.4) is 0 Å². The van der Waals surface area contributed by atoms with Gasteiger partial charge < -0.3 is 29.6 Å². The van der Waals surface area contributed by atoms with Crippen molar-refractivity contribution in [3.05, 3.63) is 39.6 Å².